The number of ether oxygens (including phenoxy) is 2. The van der Waals surface area contributed by atoms with Crippen LogP contribution in [0.2, 0.25) is 0 Å². The summed E-state index contributed by atoms with van der Waals surface area (Å²) < 4.78 is 13.9. The smallest absolute Gasteiger partial charge is 0.327 e. The Morgan fingerprint density at radius 2 is 1.82 bits per heavy atom. The summed E-state index contributed by atoms with van der Waals surface area (Å²) in [7, 11) is 3.30. The minimum atomic E-state index is -1.24. The van der Waals surface area contributed by atoms with Crippen LogP contribution in [0.5, 0.6) is 5.88 Å². The average molecular weight is 527 g/mol. The van der Waals surface area contributed by atoms with Crippen molar-refractivity contribution < 1.29 is 14.6 Å². The highest BCUT2D eigenvalue weighted by atomic mass is 16.6. The van der Waals surface area contributed by atoms with Crippen molar-refractivity contribution in [1.29, 1.82) is 0 Å². The molecule has 2 aliphatic heterocycles. The molecule has 208 valence electrons. The van der Waals surface area contributed by atoms with Crippen molar-refractivity contribution in [2.45, 2.75) is 101 Å². The quantitative estimate of drug-likeness (QED) is 0.507. The van der Waals surface area contributed by atoms with E-state index in [-0.39, 0.29) is 23.4 Å². The summed E-state index contributed by atoms with van der Waals surface area (Å²) in [4.78, 5) is 27.6. The van der Waals surface area contributed by atoms with Gasteiger partial charge in [0.1, 0.15) is 6.10 Å². The van der Waals surface area contributed by atoms with Gasteiger partial charge in [-0.25, -0.2) is 9.78 Å². The Kier molecular flexibility index (Phi) is 6.45. The molecule has 1 spiro atoms. The number of aromatic nitrogens is 4. The first-order valence-electron chi connectivity index (χ1n) is 14.4. The predicted molar refractivity (Wildman–Crippen MR) is 145 cm³/mol. The van der Waals surface area contributed by atoms with Gasteiger partial charge in [-0.05, 0) is 89.4 Å². The van der Waals surface area contributed by atoms with Gasteiger partial charge in [0.05, 0.1) is 5.54 Å². The molecule has 38 heavy (non-hydrogen) atoms. The van der Waals surface area contributed by atoms with Gasteiger partial charge in [-0.1, -0.05) is 6.42 Å². The zero-order valence-electron chi connectivity index (χ0n) is 23.0. The molecule has 2 aromatic heterocycles. The average Bonchev–Trinajstić information content (AvgIpc) is 3.57. The van der Waals surface area contributed by atoms with Gasteiger partial charge in [0.25, 0.3) is 0 Å². The second kappa shape index (κ2) is 9.43. The Morgan fingerprint density at radius 3 is 2.55 bits per heavy atom. The van der Waals surface area contributed by atoms with E-state index in [9.17, 15) is 9.90 Å². The highest BCUT2D eigenvalue weighted by Crippen LogP contribution is 2.54. The number of methoxy groups -OCH3 is 1. The predicted octanol–water partition coefficient (Wildman–Crippen LogP) is 2.84. The minimum Gasteiger partial charge on any atom is -0.471 e. The Morgan fingerprint density at radius 1 is 1.11 bits per heavy atom. The molecule has 4 heterocycles. The van der Waals surface area contributed by atoms with Crippen LogP contribution in [0.3, 0.4) is 0 Å². The standard InChI is InChI=1S/C28H42N6O4/c1-18(27-12-7-15-34(27)16-8-13-27)38-24-21-23(32-25(35)33(21)2)30-20(31-24)17-19-9-6-11-26(22(19)29)10-4-5-14-28(26,36)37-3/h17-18,22,36H,4-16,29H2,1-3H3,(H,30,31,32,35)/b19-17+/t18-,22?,26-,28?/m0/s1. The molecule has 0 aromatic carbocycles. The number of hydrogen-bond donors (Lipinski definition) is 3. The molecule has 10 heteroatoms. The molecule has 0 amide bonds. The van der Waals surface area contributed by atoms with Crippen LogP contribution in [-0.2, 0) is 11.8 Å². The fourth-order valence-corrected chi connectivity index (χ4v) is 8.24. The highest BCUT2D eigenvalue weighted by molar-refractivity contribution is 5.77. The van der Waals surface area contributed by atoms with E-state index in [0.717, 1.165) is 70.0 Å². The van der Waals surface area contributed by atoms with Crippen molar-refractivity contribution >= 4 is 17.2 Å². The van der Waals surface area contributed by atoms with Gasteiger partial charge in [-0.2, -0.15) is 4.98 Å². The molecule has 0 bridgehead atoms. The number of fused-ring (bicyclic) bond motifs is 2. The van der Waals surface area contributed by atoms with Crippen molar-refractivity contribution in [3.05, 3.63) is 21.9 Å². The number of aliphatic hydroxyl groups is 1. The lowest BCUT2D eigenvalue weighted by molar-refractivity contribution is -0.286. The monoisotopic (exact) mass is 526 g/mol. The zero-order valence-corrected chi connectivity index (χ0v) is 23.0. The third-order valence-corrected chi connectivity index (χ3v) is 10.4. The number of nitrogens with one attached hydrogen (secondary N) is 1. The number of imidazole rings is 1. The number of aryl methyl sites for hydroxylation is 1. The van der Waals surface area contributed by atoms with Crippen molar-refractivity contribution in [2.24, 2.45) is 18.2 Å². The van der Waals surface area contributed by atoms with Gasteiger partial charge in [-0.3, -0.25) is 14.5 Å². The maximum absolute atomic E-state index is 12.6. The summed E-state index contributed by atoms with van der Waals surface area (Å²) in [6.45, 7) is 4.36. The van der Waals surface area contributed by atoms with Gasteiger partial charge in [0, 0.05) is 32.0 Å². The Hall–Kier alpha value is -2.27. The second-order valence-electron chi connectivity index (χ2n) is 12.0. The van der Waals surface area contributed by atoms with E-state index in [4.69, 9.17) is 25.2 Å². The fraction of sp³-hybridized carbons (Fsp3) is 0.750. The number of aromatic amines is 1. The van der Waals surface area contributed by atoms with Gasteiger partial charge in [0.15, 0.2) is 22.8 Å². The van der Waals surface area contributed by atoms with E-state index in [1.807, 2.05) is 6.08 Å². The molecule has 10 nitrogen and oxygen atoms in total. The first-order chi connectivity index (χ1) is 18.2. The highest BCUT2D eigenvalue weighted by Gasteiger charge is 2.57. The number of rotatable bonds is 5. The Labute approximate surface area is 223 Å². The molecule has 2 unspecified atom stereocenters. The summed E-state index contributed by atoms with van der Waals surface area (Å²) in [5, 5.41) is 11.5. The number of hydrogen-bond acceptors (Lipinski definition) is 8. The van der Waals surface area contributed by atoms with Gasteiger partial charge >= 0.3 is 5.69 Å². The van der Waals surface area contributed by atoms with Crippen LogP contribution < -0.4 is 16.2 Å². The molecule has 2 aliphatic carbocycles. The number of nitrogens with zero attached hydrogens (tertiary/aromatic N) is 4. The maximum Gasteiger partial charge on any atom is 0.327 e. The third-order valence-electron chi connectivity index (χ3n) is 10.4. The molecule has 4 N–H and O–H groups in total. The van der Waals surface area contributed by atoms with Crippen molar-refractivity contribution in [2.75, 3.05) is 20.2 Å². The lowest BCUT2D eigenvalue weighted by atomic mass is 9.58. The second-order valence-corrected chi connectivity index (χ2v) is 12.0. The molecule has 4 fully saturated rings. The summed E-state index contributed by atoms with van der Waals surface area (Å²) in [5.41, 5.74) is 8.20. The van der Waals surface area contributed by atoms with Crippen LogP contribution in [0.15, 0.2) is 10.4 Å². The van der Waals surface area contributed by atoms with Gasteiger partial charge in [-0.15, -0.1) is 0 Å². The van der Waals surface area contributed by atoms with E-state index in [1.165, 1.54) is 17.4 Å². The van der Waals surface area contributed by atoms with Crippen LogP contribution in [-0.4, -0.2) is 73.2 Å². The minimum absolute atomic E-state index is 0.0226. The number of H-pyrrole nitrogens is 1. The molecular weight excluding hydrogens is 484 g/mol. The zero-order chi connectivity index (χ0) is 26.7. The number of nitrogens with two attached hydrogens (primary N) is 1. The van der Waals surface area contributed by atoms with Crippen LogP contribution >= 0.6 is 0 Å². The molecule has 4 atom stereocenters. The molecule has 2 saturated heterocycles. The van der Waals surface area contributed by atoms with Gasteiger partial charge < -0.3 is 20.3 Å². The van der Waals surface area contributed by atoms with Crippen molar-refractivity contribution in [1.82, 2.24) is 24.4 Å². The molecule has 2 saturated carbocycles. The normalized spacial score (nSPS) is 33.3. The summed E-state index contributed by atoms with van der Waals surface area (Å²) in [6.07, 6.45) is 12.4. The fourth-order valence-electron chi connectivity index (χ4n) is 8.24. The van der Waals surface area contributed by atoms with E-state index < -0.39 is 11.2 Å². The van der Waals surface area contributed by atoms with Crippen LogP contribution in [0.1, 0.15) is 83.4 Å². The molecule has 2 aromatic rings. The van der Waals surface area contributed by atoms with Crippen molar-refractivity contribution in [3.8, 4) is 5.88 Å². The molecular formula is C28H42N6O4. The Bertz CT molecular complexity index is 1290. The first kappa shape index (κ1) is 26.0. The molecule has 6 rings (SSSR count). The third kappa shape index (κ3) is 3.78. The summed E-state index contributed by atoms with van der Waals surface area (Å²) in [5.74, 6) is -0.349. The van der Waals surface area contributed by atoms with Crippen LogP contribution in [0.25, 0.3) is 17.2 Å². The summed E-state index contributed by atoms with van der Waals surface area (Å²) in [6, 6.07) is -0.372. The summed E-state index contributed by atoms with van der Waals surface area (Å²) >= 11 is 0. The van der Waals surface area contributed by atoms with Crippen LogP contribution in [0, 0.1) is 5.41 Å². The van der Waals surface area contributed by atoms with E-state index in [1.54, 1.807) is 14.2 Å². The van der Waals surface area contributed by atoms with E-state index >= 15 is 0 Å². The van der Waals surface area contributed by atoms with Crippen molar-refractivity contribution in [3.63, 3.8) is 0 Å². The first-order valence-corrected chi connectivity index (χ1v) is 14.4. The Balaban J connectivity index is 1.38. The van der Waals surface area contributed by atoms with E-state index in [0.29, 0.717) is 29.3 Å². The largest absolute Gasteiger partial charge is 0.471 e. The topological polar surface area (TPSA) is 132 Å². The van der Waals surface area contributed by atoms with Crippen LogP contribution in [0.4, 0.5) is 0 Å². The SMILES string of the molecule is COC1(O)CCCC[C@@]12CCC/C(=C\c1nc(O[C@@H](C)C34CCCN3CCC4)c3c(n1)[nH]c(=O)n3C)C2N. The molecule has 0 radical (unpaired) electrons. The van der Waals surface area contributed by atoms with E-state index in [2.05, 4.69) is 16.8 Å². The molecule has 4 aliphatic rings. The van der Waals surface area contributed by atoms with Gasteiger partial charge in [0.2, 0.25) is 5.88 Å². The maximum atomic E-state index is 12.6. The lowest BCUT2D eigenvalue weighted by Crippen LogP contribution is -2.62. The lowest BCUT2D eigenvalue weighted by Gasteiger charge is -2.55.